The van der Waals surface area contributed by atoms with Gasteiger partial charge in [-0.25, -0.2) is 4.98 Å². The first-order valence-corrected chi connectivity index (χ1v) is 8.30. The van der Waals surface area contributed by atoms with E-state index < -0.39 is 0 Å². The summed E-state index contributed by atoms with van der Waals surface area (Å²) in [6.45, 7) is 8.27. The lowest BCUT2D eigenvalue weighted by atomic mass is 10.0. The summed E-state index contributed by atoms with van der Waals surface area (Å²) >= 11 is 0. The van der Waals surface area contributed by atoms with Gasteiger partial charge in [0.25, 0.3) is 0 Å². The van der Waals surface area contributed by atoms with E-state index in [0.717, 1.165) is 43.0 Å². The Morgan fingerprint density at radius 3 is 2.74 bits per heavy atom. The number of pyridine rings is 1. The molecule has 0 unspecified atom stereocenters. The molecule has 1 aromatic carbocycles. The standard InChI is InChI=1S/C19H24N4/c1-4-16-14(2)22-18-9-6-5-8-17(18)19(16)21-10-7-12-23-13-11-20-15(23)3/h5-6,8-9,11,13H,4,7,10,12H2,1-3H3,(H,21,22). The SMILES string of the molecule is CCc1c(C)nc2ccccc2c1NCCCn1ccnc1C. The van der Waals surface area contributed by atoms with E-state index in [1.54, 1.807) is 0 Å². The van der Waals surface area contributed by atoms with Gasteiger partial charge in [0.15, 0.2) is 0 Å². The predicted molar refractivity (Wildman–Crippen MR) is 95.9 cm³/mol. The molecular formula is C19H24N4. The Balaban J connectivity index is 1.77. The van der Waals surface area contributed by atoms with Gasteiger partial charge in [0.2, 0.25) is 0 Å². The maximum Gasteiger partial charge on any atom is 0.105 e. The van der Waals surface area contributed by atoms with Crippen LogP contribution in [-0.2, 0) is 13.0 Å². The van der Waals surface area contributed by atoms with Crippen LogP contribution in [0.15, 0.2) is 36.7 Å². The summed E-state index contributed by atoms with van der Waals surface area (Å²) in [7, 11) is 0. The summed E-state index contributed by atoms with van der Waals surface area (Å²) < 4.78 is 2.19. The maximum absolute atomic E-state index is 4.74. The first-order valence-electron chi connectivity index (χ1n) is 8.30. The summed E-state index contributed by atoms with van der Waals surface area (Å²) in [4.78, 5) is 9.00. The number of benzene rings is 1. The van der Waals surface area contributed by atoms with Gasteiger partial charge in [0.05, 0.1) is 5.52 Å². The van der Waals surface area contributed by atoms with Crippen molar-refractivity contribution in [2.75, 3.05) is 11.9 Å². The van der Waals surface area contributed by atoms with Crippen molar-refractivity contribution in [3.63, 3.8) is 0 Å². The van der Waals surface area contributed by atoms with E-state index in [-0.39, 0.29) is 0 Å². The molecule has 2 heterocycles. The number of imidazole rings is 1. The highest BCUT2D eigenvalue weighted by Crippen LogP contribution is 2.28. The van der Waals surface area contributed by atoms with Crippen LogP contribution in [0.1, 0.15) is 30.4 Å². The molecule has 0 fully saturated rings. The number of anilines is 1. The Morgan fingerprint density at radius 1 is 1.17 bits per heavy atom. The Labute approximate surface area is 137 Å². The summed E-state index contributed by atoms with van der Waals surface area (Å²) in [5.74, 6) is 1.07. The molecular weight excluding hydrogens is 284 g/mol. The van der Waals surface area contributed by atoms with Crippen molar-refractivity contribution >= 4 is 16.6 Å². The smallest absolute Gasteiger partial charge is 0.105 e. The van der Waals surface area contributed by atoms with Crippen molar-refractivity contribution in [3.8, 4) is 0 Å². The molecule has 1 N–H and O–H groups in total. The van der Waals surface area contributed by atoms with Gasteiger partial charge in [-0.15, -0.1) is 0 Å². The number of nitrogens with one attached hydrogen (secondary N) is 1. The average Bonchev–Trinajstić information content (AvgIpc) is 2.96. The summed E-state index contributed by atoms with van der Waals surface area (Å²) in [6.07, 6.45) is 5.96. The van der Waals surface area contributed by atoms with Crippen molar-refractivity contribution in [1.82, 2.24) is 14.5 Å². The number of para-hydroxylation sites is 1. The third-order valence-electron chi connectivity index (χ3n) is 4.35. The minimum atomic E-state index is 0.943. The molecule has 0 atom stereocenters. The highest BCUT2D eigenvalue weighted by molar-refractivity contribution is 5.93. The summed E-state index contributed by atoms with van der Waals surface area (Å²) in [6, 6.07) is 8.37. The largest absolute Gasteiger partial charge is 0.384 e. The monoisotopic (exact) mass is 308 g/mol. The van der Waals surface area contributed by atoms with Crippen LogP contribution in [-0.4, -0.2) is 21.1 Å². The van der Waals surface area contributed by atoms with Crippen LogP contribution in [0.25, 0.3) is 10.9 Å². The highest BCUT2D eigenvalue weighted by atomic mass is 15.1. The lowest BCUT2D eigenvalue weighted by Crippen LogP contribution is -2.10. The predicted octanol–water partition coefficient (Wildman–Crippen LogP) is 4.11. The van der Waals surface area contributed by atoms with Crippen LogP contribution in [0.3, 0.4) is 0 Å². The molecule has 0 saturated heterocycles. The van der Waals surface area contributed by atoms with Gasteiger partial charge >= 0.3 is 0 Å². The van der Waals surface area contributed by atoms with Crippen LogP contribution in [0.2, 0.25) is 0 Å². The van der Waals surface area contributed by atoms with Gasteiger partial charge < -0.3 is 9.88 Å². The van der Waals surface area contributed by atoms with Crippen LogP contribution in [0, 0.1) is 13.8 Å². The van der Waals surface area contributed by atoms with E-state index in [0.29, 0.717) is 0 Å². The second-order valence-electron chi connectivity index (χ2n) is 5.87. The number of rotatable bonds is 6. The molecule has 0 aliphatic carbocycles. The normalized spacial score (nSPS) is 11.1. The molecule has 0 spiro atoms. The molecule has 3 aromatic rings. The van der Waals surface area contributed by atoms with Crippen LogP contribution >= 0.6 is 0 Å². The van der Waals surface area contributed by atoms with E-state index >= 15 is 0 Å². The fourth-order valence-corrected chi connectivity index (χ4v) is 3.11. The first-order chi connectivity index (χ1) is 11.2. The second kappa shape index (κ2) is 6.82. The second-order valence-corrected chi connectivity index (χ2v) is 5.87. The highest BCUT2D eigenvalue weighted by Gasteiger charge is 2.10. The van der Waals surface area contributed by atoms with Crippen molar-refractivity contribution in [2.24, 2.45) is 0 Å². The molecule has 0 aliphatic rings. The van der Waals surface area contributed by atoms with Crippen LogP contribution < -0.4 is 5.32 Å². The third-order valence-corrected chi connectivity index (χ3v) is 4.35. The number of aromatic nitrogens is 3. The van der Waals surface area contributed by atoms with Gasteiger partial charge in [-0.1, -0.05) is 25.1 Å². The van der Waals surface area contributed by atoms with E-state index in [9.17, 15) is 0 Å². The molecule has 3 rings (SSSR count). The number of fused-ring (bicyclic) bond motifs is 1. The Kier molecular flexibility index (Phi) is 4.60. The van der Waals surface area contributed by atoms with Crippen molar-refractivity contribution in [2.45, 2.75) is 40.2 Å². The Bertz CT molecular complexity index is 804. The molecule has 23 heavy (non-hydrogen) atoms. The molecule has 0 aliphatic heterocycles. The number of aryl methyl sites for hydroxylation is 3. The molecule has 4 nitrogen and oxygen atoms in total. The third kappa shape index (κ3) is 3.21. The van der Waals surface area contributed by atoms with E-state index in [1.807, 2.05) is 25.4 Å². The Hall–Kier alpha value is -2.36. The first kappa shape index (κ1) is 15.5. The van der Waals surface area contributed by atoms with Gasteiger partial charge in [-0.2, -0.15) is 0 Å². The minimum absolute atomic E-state index is 0.943. The van der Waals surface area contributed by atoms with Gasteiger partial charge in [-0.3, -0.25) is 4.98 Å². The quantitative estimate of drug-likeness (QED) is 0.697. The zero-order valence-electron chi connectivity index (χ0n) is 14.1. The fourth-order valence-electron chi connectivity index (χ4n) is 3.11. The summed E-state index contributed by atoms with van der Waals surface area (Å²) in [5.41, 5.74) is 4.76. The Morgan fingerprint density at radius 2 is 2.00 bits per heavy atom. The molecule has 0 saturated carbocycles. The number of hydrogen-bond acceptors (Lipinski definition) is 3. The lowest BCUT2D eigenvalue weighted by Gasteiger charge is -2.16. The van der Waals surface area contributed by atoms with E-state index in [2.05, 4.69) is 46.9 Å². The zero-order chi connectivity index (χ0) is 16.2. The van der Waals surface area contributed by atoms with Crippen LogP contribution in [0.4, 0.5) is 5.69 Å². The van der Waals surface area contributed by atoms with E-state index in [1.165, 1.54) is 16.6 Å². The molecule has 120 valence electrons. The van der Waals surface area contributed by atoms with E-state index in [4.69, 9.17) is 4.98 Å². The molecule has 0 amide bonds. The van der Waals surface area contributed by atoms with Gasteiger partial charge in [-0.05, 0) is 38.3 Å². The topological polar surface area (TPSA) is 42.7 Å². The molecule has 0 radical (unpaired) electrons. The summed E-state index contributed by atoms with van der Waals surface area (Å²) in [5, 5.41) is 4.87. The maximum atomic E-state index is 4.74. The fraction of sp³-hybridized carbons (Fsp3) is 0.368. The lowest BCUT2D eigenvalue weighted by molar-refractivity contribution is 0.642. The zero-order valence-corrected chi connectivity index (χ0v) is 14.1. The van der Waals surface area contributed by atoms with Crippen molar-refractivity contribution in [1.29, 1.82) is 0 Å². The molecule has 4 heteroatoms. The number of hydrogen-bond donors (Lipinski definition) is 1. The average molecular weight is 308 g/mol. The minimum Gasteiger partial charge on any atom is -0.384 e. The van der Waals surface area contributed by atoms with Gasteiger partial charge in [0.1, 0.15) is 5.82 Å². The molecule has 2 aromatic heterocycles. The van der Waals surface area contributed by atoms with Gasteiger partial charge in [0, 0.05) is 42.3 Å². The number of nitrogens with zero attached hydrogens (tertiary/aromatic N) is 3. The van der Waals surface area contributed by atoms with Crippen LogP contribution in [0.5, 0.6) is 0 Å². The van der Waals surface area contributed by atoms with Crippen molar-refractivity contribution in [3.05, 3.63) is 53.7 Å². The van der Waals surface area contributed by atoms with Crippen molar-refractivity contribution < 1.29 is 0 Å². The molecule has 0 bridgehead atoms.